The minimum absolute atomic E-state index is 0.150. The van der Waals surface area contributed by atoms with Crippen LogP contribution in [0.5, 0.6) is 0 Å². The Morgan fingerprint density at radius 1 is 1.07 bits per heavy atom. The summed E-state index contributed by atoms with van der Waals surface area (Å²) in [5.41, 5.74) is 1.54. The Hall–Kier alpha value is -2.89. The van der Waals surface area contributed by atoms with E-state index in [0.717, 1.165) is 18.4 Å². The van der Waals surface area contributed by atoms with Gasteiger partial charge in [-0.05, 0) is 49.4 Å². The van der Waals surface area contributed by atoms with Crippen molar-refractivity contribution in [3.05, 3.63) is 65.5 Å². The van der Waals surface area contributed by atoms with Gasteiger partial charge in [-0.2, -0.15) is 0 Å². The van der Waals surface area contributed by atoms with Crippen molar-refractivity contribution >= 4 is 17.6 Å². The molecule has 0 radical (unpaired) electrons. The number of carbonyl (C=O) groups excluding carboxylic acids is 2. The minimum Gasteiger partial charge on any atom is -0.466 e. The van der Waals surface area contributed by atoms with Gasteiger partial charge in [-0.3, -0.25) is 4.79 Å². The van der Waals surface area contributed by atoms with Gasteiger partial charge in [0, 0.05) is 19.5 Å². The maximum Gasteiger partial charge on any atom is 0.338 e. The summed E-state index contributed by atoms with van der Waals surface area (Å²) in [5, 5.41) is 0. The number of hydrogen-bond acceptors (Lipinski definition) is 5. The molecule has 0 unspecified atom stereocenters. The Bertz CT molecular complexity index is 832. The summed E-state index contributed by atoms with van der Waals surface area (Å²) in [4.78, 5) is 25.8. The highest BCUT2D eigenvalue weighted by atomic mass is 19.1. The predicted molar refractivity (Wildman–Crippen MR) is 108 cm³/mol. The van der Waals surface area contributed by atoms with E-state index in [0.29, 0.717) is 31.8 Å². The number of rotatable bonds is 7. The molecule has 1 heterocycles. The Labute approximate surface area is 170 Å². The second-order valence-electron chi connectivity index (χ2n) is 7.17. The summed E-state index contributed by atoms with van der Waals surface area (Å²) in [7, 11) is 0. The van der Waals surface area contributed by atoms with Crippen LogP contribution in [0.1, 0.15) is 42.1 Å². The number of carbonyl (C=O) groups is 2. The minimum atomic E-state index is -0.549. The number of hydrogen-bond donors (Lipinski definition) is 0. The number of benzene rings is 2. The monoisotopic (exact) mass is 399 g/mol. The number of nitrogens with zero attached hydrogens (tertiary/aromatic N) is 1. The van der Waals surface area contributed by atoms with Crippen LogP contribution >= 0.6 is 0 Å². The number of piperidine rings is 1. The molecule has 0 saturated carbocycles. The second-order valence-corrected chi connectivity index (χ2v) is 7.17. The first-order chi connectivity index (χ1) is 14.1. The van der Waals surface area contributed by atoms with Crippen molar-refractivity contribution in [1.29, 1.82) is 0 Å². The smallest absolute Gasteiger partial charge is 0.338 e. The Balaban J connectivity index is 1.54. The molecule has 0 N–H and O–H groups in total. The number of anilines is 1. The molecule has 154 valence electrons. The quantitative estimate of drug-likeness (QED) is 0.648. The number of esters is 2. The van der Waals surface area contributed by atoms with Crippen LogP contribution < -0.4 is 4.90 Å². The van der Waals surface area contributed by atoms with Crippen LogP contribution in [0.4, 0.5) is 10.1 Å². The van der Waals surface area contributed by atoms with E-state index in [9.17, 15) is 14.0 Å². The van der Waals surface area contributed by atoms with Gasteiger partial charge in [0.2, 0.25) is 0 Å². The van der Waals surface area contributed by atoms with Gasteiger partial charge in [0.25, 0.3) is 0 Å². The highest BCUT2D eigenvalue weighted by Crippen LogP contribution is 2.28. The van der Waals surface area contributed by atoms with Crippen LogP contribution in [-0.2, 0) is 20.9 Å². The fourth-order valence-corrected chi connectivity index (χ4v) is 3.53. The molecule has 2 aromatic rings. The van der Waals surface area contributed by atoms with Crippen LogP contribution in [0, 0.1) is 11.7 Å². The first kappa shape index (κ1) is 20.8. The highest BCUT2D eigenvalue weighted by Gasteiger charge is 2.24. The van der Waals surface area contributed by atoms with Crippen molar-refractivity contribution in [1.82, 2.24) is 0 Å². The van der Waals surface area contributed by atoms with Gasteiger partial charge in [-0.25, -0.2) is 9.18 Å². The van der Waals surface area contributed by atoms with Crippen molar-refractivity contribution < 1.29 is 23.5 Å². The number of halogens is 1. The fourth-order valence-electron chi connectivity index (χ4n) is 3.53. The molecule has 0 spiro atoms. The van der Waals surface area contributed by atoms with Crippen LogP contribution in [0.2, 0.25) is 0 Å². The van der Waals surface area contributed by atoms with Gasteiger partial charge < -0.3 is 14.4 Å². The maximum absolute atomic E-state index is 14.6. The van der Waals surface area contributed by atoms with E-state index in [-0.39, 0.29) is 24.1 Å². The lowest BCUT2D eigenvalue weighted by Gasteiger charge is -2.33. The van der Waals surface area contributed by atoms with Gasteiger partial charge in [0.05, 0.1) is 17.9 Å². The van der Waals surface area contributed by atoms with Gasteiger partial charge in [-0.1, -0.05) is 30.3 Å². The van der Waals surface area contributed by atoms with E-state index in [1.165, 1.54) is 6.07 Å². The average molecular weight is 399 g/mol. The van der Waals surface area contributed by atoms with E-state index < -0.39 is 11.8 Å². The third-order valence-corrected chi connectivity index (χ3v) is 5.11. The molecule has 2 aromatic carbocycles. The summed E-state index contributed by atoms with van der Waals surface area (Å²) in [6, 6.07) is 13.8. The second kappa shape index (κ2) is 10.0. The summed E-state index contributed by atoms with van der Waals surface area (Å²) >= 11 is 0. The molecule has 1 aliphatic heterocycles. The van der Waals surface area contributed by atoms with Gasteiger partial charge >= 0.3 is 11.9 Å². The highest BCUT2D eigenvalue weighted by molar-refractivity contribution is 5.90. The fraction of sp³-hybridized carbons (Fsp3) is 0.391. The predicted octanol–water partition coefficient (Wildman–Crippen LogP) is 4.35. The van der Waals surface area contributed by atoms with E-state index in [1.807, 2.05) is 35.2 Å². The molecular formula is C23H26FNO4. The topological polar surface area (TPSA) is 55.8 Å². The van der Waals surface area contributed by atoms with Crippen LogP contribution in [0.25, 0.3) is 0 Å². The molecule has 6 heteroatoms. The van der Waals surface area contributed by atoms with Crippen molar-refractivity contribution in [2.24, 2.45) is 5.92 Å². The largest absolute Gasteiger partial charge is 0.466 e. The molecule has 1 saturated heterocycles. The SMILES string of the molecule is CCOC(=O)CC1CCN(c2ccc(C(=O)OCc3ccccc3)cc2F)CC1. The third-order valence-electron chi connectivity index (χ3n) is 5.11. The molecule has 0 amide bonds. The van der Waals surface area contributed by atoms with E-state index >= 15 is 0 Å². The lowest BCUT2D eigenvalue weighted by atomic mass is 9.93. The summed E-state index contributed by atoms with van der Waals surface area (Å²) < 4.78 is 24.9. The summed E-state index contributed by atoms with van der Waals surface area (Å²) in [5.74, 6) is -0.897. The molecule has 29 heavy (non-hydrogen) atoms. The molecule has 1 fully saturated rings. The molecule has 3 rings (SSSR count). The normalized spacial score (nSPS) is 14.5. The van der Waals surface area contributed by atoms with Crippen LogP contribution in [0.15, 0.2) is 48.5 Å². The zero-order chi connectivity index (χ0) is 20.6. The van der Waals surface area contributed by atoms with Gasteiger partial charge in [0.15, 0.2) is 0 Å². The average Bonchev–Trinajstić information content (AvgIpc) is 2.73. The van der Waals surface area contributed by atoms with E-state index in [2.05, 4.69) is 0 Å². The summed E-state index contributed by atoms with van der Waals surface area (Å²) in [6.07, 6.45) is 2.02. The zero-order valence-electron chi connectivity index (χ0n) is 16.6. The van der Waals surface area contributed by atoms with Gasteiger partial charge in [-0.15, -0.1) is 0 Å². The summed E-state index contributed by atoms with van der Waals surface area (Å²) in [6.45, 7) is 3.67. The van der Waals surface area contributed by atoms with Crippen molar-refractivity contribution in [3.8, 4) is 0 Å². The Kier molecular flexibility index (Phi) is 7.22. The zero-order valence-corrected chi connectivity index (χ0v) is 16.6. The van der Waals surface area contributed by atoms with Crippen LogP contribution in [-0.4, -0.2) is 31.6 Å². The van der Waals surface area contributed by atoms with E-state index in [4.69, 9.17) is 9.47 Å². The Morgan fingerprint density at radius 2 is 1.79 bits per heavy atom. The van der Waals surface area contributed by atoms with E-state index in [1.54, 1.807) is 19.1 Å². The molecule has 5 nitrogen and oxygen atoms in total. The van der Waals surface area contributed by atoms with Crippen molar-refractivity contribution in [2.75, 3.05) is 24.6 Å². The molecule has 0 bridgehead atoms. The van der Waals surface area contributed by atoms with Crippen molar-refractivity contribution in [2.45, 2.75) is 32.8 Å². The standard InChI is InChI=1S/C23H26FNO4/c1-2-28-22(26)14-17-10-12-25(13-11-17)21-9-8-19(15-20(21)24)23(27)29-16-18-6-4-3-5-7-18/h3-9,15,17H,2,10-14,16H2,1H3. The number of ether oxygens (including phenoxy) is 2. The molecule has 0 aliphatic carbocycles. The first-order valence-electron chi connectivity index (χ1n) is 9.98. The molecule has 1 aliphatic rings. The first-order valence-corrected chi connectivity index (χ1v) is 9.98. The lowest BCUT2D eigenvalue weighted by molar-refractivity contribution is -0.144. The molecular weight excluding hydrogens is 373 g/mol. The van der Waals surface area contributed by atoms with Gasteiger partial charge in [0.1, 0.15) is 12.4 Å². The molecule has 0 atom stereocenters. The molecule has 0 aromatic heterocycles. The third kappa shape index (κ3) is 5.79. The lowest BCUT2D eigenvalue weighted by Crippen LogP contribution is -2.35. The Morgan fingerprint density at radius 3 is 2.45 bits per heavy atom. The maximum atomic E-state index is 14.6. The van der Waals surface area contributed by atoms with Crippen LogP contribution in [0.3, 0.4) is 0 Å². The van der Waals surface area contributed by atoms with Crippen molar-refractivity contribution in [3.63, 3.8) is 0 Å².